The van der Waals surface area contributed by atoms with Crippen molar-refractivity contribution in [2.75, 3.05) is 20.2 Å². The molecule has 0 aliphatic heterocycles. The molecule has 0 spiro atoms. The van der Waals surface area contributed by atoms with Crippen molar-refractivity contribution in [3.05, 3.63) is 58.6 Å². The predicted octanol–water partition coefficient (Wildman–Crippen LogP) is 2.50. The van der Waals surface area contributed by atoms with Crippen molar-refractivity contribution >= 4 is 39.9 Å². The number of hydrogen-bond donors (Lipinski definition) is 3. The number of sulfonamides is 1. The van der Waals surface area contributed by atoms with Gasteiger partial charge >= 0.3 is 0 Å². The lowest BCUT2D eigenvalue weighted by Gasteiger charge is -2.17. The second kappa shape index (κ2) is 10.6. The highest BCUT2D eigenvalue weighted by atomic mass is 35.5. The highest BCUT2D eigenvalue weighted by Gasteiger charge is 2.16. The molecule has 0 bridgehead atoms. The average molecular weight is 448 g/mol. The second-order valence-electron chi connectivity index (χ2n) is 5.86. The van der Waals surface area contributed by atoms with Crippen LogP contribution in [0.5, 0.6) is 5.75 Å². The first-order valence-corrected chi connectivity index (χ1v) is 10.1. The van der Waals surface area contributed by atoms with Crippen molar-refractivity contribution in [3.8, 4) is 5.75 Å². The number of ether oxygens (including phenoxy) is 1. The lowest BCUT2D eigenvalue weighted by atomic mass is 10.1. The van der Waals surface area contributed by atoms with E-state index in [0.29, 0.717) is 13.1 Å². The van der Waals surface area contributed by atoms with Crippen molar-refractivity contribution in [2.24, 2.45) is 5.14 Å². The van der Waals surface area contributed by atoms with Crippen molar-refractivity contribution in [3.63, 3.8) is 0 Å². The van der Waals surface area contributed by atoms with Crippen LogP contribution in [-0.4, -0.2) is 34.5 Å². The molecule has 2 aromatic rings. The van der Waals surface area contributed by atoms with E-state index < -0.39 is 15.9 Å². The third kappa shape index (κ3) is 6.35. The number of carbonyl (C=O) groups is 1. The van der Waals surface area contributed by atoms with Gasteiger partial charge in [-0.05, 0) is 31.2 Å². The predicted molar refractivity (Wildman–Crippen MR) is 112 cm³/mol. The van der Waals surface area contributed by atoms with Crippen molar-refractivity contribution in [1.29, 1.82) is 0 Å². The molecule has 1 unspecified atom stereocenters. The van der Waals surface area contributed by atoms with Crippen LogP contribution >= 0.6 is 24.0 Å². The van der Waals surface area contributed by atoms with E-state index in [1.54, 1.807) is 7.11 Å². The third-order valence-electron chi connectivity index (χ3n) is 3.97. The number of primary sulfonamides is 1. The Morgan fingerprint density at radius 2 is 1.89 bits per heavy atom. The fourth-order valence-electron chi connectivity index (χ4n) is 2.56. The molecule has 10 heteroatoms. The van der Waals surface area contributed by atoms with Crippen LogP contribution in [0, 0.1) is 0 Å². The summed E-state index contributed by atoms with van der Waals surface area (Å²) >= 11 is 5.82. The molecule has 0 fully saturated rings. The molecule has 0 heterocycles. The molecule has 0 aliphatic carbocycles. The number of hydrogen-bond acceptors (Lipinski definition) is 5. The first-order chi connectivity index (χ1) is 12.7. The number of methoxy groups -OCH3 is 1. The summed E-state index contributed by atoms with van der Waals surface area (Å²) in [4.78, 5) is 11.9. The first kappa shape index (κ1) is 24.2. The van der Waals surface area contributed by atoms with Crippen LogP contribution in [0.4, 0.5) is 0 Å². The Bertz CT molecular complexity index is 923. The van der Waals surface area contributed by atoms with E-state index in [1.165, 1.54) is 12.1 Å². The largest absolute Gasteiger partial charge is 0.496 e. The molecular weight excluding hydrogens is 425 g/mol. The Morgan fingerprint density at radius 3 is 2.54 bits per heavy atom. The smallest absolute Gasteiger partial charge is 0.251 e. The van der Waals surface area contributed by atoms with Crippen LogP contribution in [0.2, 0.25) is 5.02 Å². The van der Waals surface area contributed by atoms with Crippen LogP contribution in [-0.2, 0) is 10.0 Å². The Morgan fingerprint density at radius 1 is 1.21 bits per heavy atom. The van der Waals surface area contributed by atoms with E-state index in [4.69, 9.17) is 21.5 Å². The summed E-state index contributed by atoms with van der Waals surface area (Å²) in [5.74, 6) is 0.376. The lowest BCUT2D eigenvalue weighted by molar-refractivity contribution is 0.0953. The zero-order chi connectivity index (χ0) is 20.0. The van der Waals surface area contributed by atoms with Crippen LogP contribution in [0.3, 0.4) is 0 Å². The minimum Gasteiger partial charge on any atom is -0.496 e. The molecule has 0 aliphatic rings. The fraction of sp³-hybridized carbons (Fsp3) is 0.278. The number of rotatable bonds is 8. The number of nitrogens with one attached hydrogen (secondary N) is 2. The minimum atomic E-state index is -4.00. The summed E-state index contributed by atoms with van der Waals surface area (Å²) < 4.78 is 28.3. The van der Waals surface area contributed by atoms with Gasteiger partial charge in [0, 0.05) is 30.3 Å². The zero-order valence-corrected chi connectivity index (χ0v) is 17.8. The number of amides is 1. The van der Waals surface area contributed by atoms with Gasteiger partial charge in [0.15, 0.2) is 0 Å². The van der Waals surface area contributed by atoms with Crippen LogP contribution in [0.1, 0.15) is 28.9 Å². The number of nitrogens with two attached hydrogens (primary N) is 1. The van der Waals surface area contributed by atoms with E-state index >= 15 is 0 Å². The second-order valence-corrected chi connectivity index (χ2v) is 7.80. The van der Waals surface area contributed by atoms with Gasteiger partial charge in [-0.1, -0.05) is 29.8 Å². The van der Waals surface area contributed by atoms with Gasteiger partial charge in [0.05, 0.1) is 12.1 Å². The third-order valence-corrected chi connectivity index (χ3v) is 5.36. The Kier molecular flexibility index (Phi) is 9.19. The number of halogens is 2. The Hall–Kier alpha value is -1.84. The topological polar surface area (TPSA) is 111 Å². The Labute approximate surface area is 176 Å². The molecule has 0 saturated heterocycles. The summed E-state index contributed by atoms with van der Waals surface area (Å²) in [6.45, 7) is 2.86. The lowest BCUT2D eigenvalue weighted by Crippen LogP contribution is -2.33. The molecule has 0 aromatic heterocycles. The van der Waals surface area contributed by atoms with Crippen LogP contribution < -0.4 is 20.5 Å². The standard InChI is InChI=1S/C18H22ClN3O4S.ClH/c1-12(14-5-3-4-6-16(14)26-2)21-9-10-22-18(23)13-7-8-15(19)17(11-13)27(20,24)25;/h3-8,11-12,21H,9-10H2,1-2H3,(H,22,23)(H2,20,24,25);1H. The normalized spacial score (nSPS) is 12.0. The summed E-state index contributed by atoms with van der Waals surface area (Å²) in [6, 6.07) is 11.7. The maximum Gasteiger partial charge on any atom is 0.251 e. The van der Waals surface area contributed by atoms with Crippen molar-refractivity contribution in [1.82, 2.24) is 10.6 Å². The number of carbonyl (C=O) groups excluding carboxylic acids is 1. The van der Waals surface area contributed by atoms with Gasteiger partial charge in [-0.2, -0.15) is 0 Å². The van der Waals surface area contributed by atoms with Gasteiger partial charge in [-0.3, -0.25) is 4.79 Å². The maximum absolute atomic E-state index is 12.2. The summed E-state index contributed by atoms with van der Waals surface area (Å²) in [7, 11) is -2.38. The van der Waals surface area contributed by atoms with Gasteiger partial charge in [-0.15, -0.1) is 12.4 Å². The van der Waals surface area contributed by atoms with E-state index in [2.05, 4.69) is 10.6 Å². The molecule has 154 valence electrons. The summed E-state index contributed by atoms with van der Waals surface area (Å²) in [6.07, 6.45) is 0. The maximum atomic E-state index is 12.2. The molecular formula is C18H23Cl2N3O4S. The quantitative estimate of drug-likeness (QED) is 0.538. The summed E-state index contributed by atoms with van der Waals surface area (Å²) in [5.41, 5.74) is 1.18. The SMILES string of the molecule is COc1ccccc1C(C)NCCNC(=O)c1ccc(Cl)c(S(N)(=O)=O)c1.Cl. The highest BCUT2D eigenvalue weighted by Crippen LogP contribution is 2.24. The van der Waals surface area contributed by atoms with E-state index in [0.717, 1.165) is 17.4 Å². The molecule has 7 nitrogen and oxygen atoms in total. The molecule has 2 rings (SSSR count). The minimum absolute atomic E-state index is 0. The van der Waals surface area contributed by atoms with Gasteiger partial charge in [-0.25, -0.2) is 13.6 Å². The molecule has 1 atom stereocenters. The zero-order valence-electron chi connectivity index (χ0n) is 15.4. The van der Waals surface area contributed by atoms with Crippen molar-refractivity contribution < 1.29 is 17.9 Å². The number of benzene rings is 2. The molecule has 1 amide bonds. The van der Waals surface area contributed by atoms with E-state index in [-0.39, 0.29) is 33.9 Å². The molecule has 4 N–H and O–H groups in total. The molecule has 0 radical (unpaired) electrons. The number of para-hydroxylation sites is 1. The average Bonchev–Trinajstić information content (AvgIpc) is 2.64. The molecule has 28 heavy (non-hydrogen) atoms. The summed E-state index contributed by atoms with van der Waals surface area (Å²) in [5, 5.41) is 11.1. The Balaban J connectivity index is 0.00000392. The van der Waals surface area contributed by atoms with Crippen LogP contribution in [0.15, 0.2) is 47.4 Å². The molecule has 0 saturated carbocycles. The van der Waals surface area contributed by atoms with Gasteiger partial charge in [0.1, 0.15) is 10.6 Å². The molecule has 2 aromatic carbocycles. The first-order valence-electron chi connectivity index (χ1n) is 8.21. The van der Waals surface area contributed by atoms with Gasteiger partial charge in [0.2, 0.25) is 10.0 Å². The van der Waals surface area contributed by atoms with Gasteiger partial charge < -0.3 is 15.4 Å². The van der Waals surface area contributed by atoms with Gasteiger partial charge in [0.25, 0.3) is 5.91 Å². The monoisotopic (exact) mass is 447 g/mol. The van der Waals surface area contributed by atoms with Crippen molar-refractivity contribution in [2.45, 2.75) is 17.9 Å². The van der Waals surface area contributed by atoms with Crippen LogP contribution in [0.25, 0.3) is 0 Å². The fourth-order valence-corrected chi connectivity index (χ4v) is 3.63. The van der Waals surface area contributed by atoms with E-state index in [1.807, 2.05) is 31.2 Å². The highest BCUT2D eigenvalue weighted by molar-refractivity contribution is 7.89. The van der Waals surface area contributed by atoms with E-state index in [9.17, 15) is 13.2 Å².